The van der Waals surface area contributed by atoms with Gasteiger partial charge in [0.25, 0.3) is 5.56 Å². The Labute approximate surface area is 148 Å². The number of fused-ring (bicyclic) bond motifs is 1. The van der Waals surface area contributed by atoms with Crippen LogP contribution < -0.4 is 5.56 Å². The Morgan fingerprint density at radius 2 is 2.17 bits per heavy atom. The van der Waals surface area contributed by atoms with Crippen LogP contribution in [0.1, 0.15) is 0 Å². The molecule has 0 amide bonds. The van der Waals surface area contributed by atoms with E-state index in [-0.39, 0.29) is 5.56 Å². The summed E-state index contributed by atoms with van der Waals surface area (Å²) in [7, 11) is 1.67. The fourth-order valence-electron chi connectivity index (χ4n) is 2.45. The first-order valence-corrected chi connectivity index (χ1v) is 9.43. The molecule has 0 aliphatic rings. The molecule has 2 heterocycles. The summed E-state index contributed by atoms with van der Waals surface area (Å²) in [5.41, 5.74) is 1.96. The van der Waals surface area contributed by atoms with E-state index in [4.69, 9.17) is 9.72 Å². The van der Waals surface area contributed by atoms with Crippen molar-refractivity contribution in [1.82, 2.24) is 9.55 Å². The third-order valence-electron chi connectivity index (χ3n) is 3.57. The van der Waals surface area contributed by atoms with E-state index in [0.29, 0.717) is 23.7 Å². The van der Waals surface area contributed by atoms with Gasteiger partial charge in [-0.2, -0.15) is 0 Å². The topological polar surface area (TPSA) is 44.1 Å². The molecule has 3 rings (SSSR count). The number of thiophene rings is 1. The number of benzene rings is 1. The van der Waals surface area contributed by atoms with E-state index < -0.39 is 0 Å². The zero-order valence-electron chi connectivity index (χ0n) is 13.4. The van der Waals surface area contributed by atoms with Gasteiger partial charge in [-0.3, -0.25) is 9.36 Å². The van der Waals surface area contributed by atoms with Crippen LogP contribution in [0.15, 0.2) is 58.3 Å². The molecule has 124 valence electrons. The Morgan fingerprint density at radius 3 is 2.88 bits per heavy atom. The van der Waals surface area contributed by atoms with Gasteiger partial charge in [-0.1, -0.05) is 48.2 Å². The maximum atomic E-state index is 13.1. The highest BCUT2D eigenvalue weighted by atomic mass is 32.2. The SMILES string of the molecule is C=CCn1c(SCCOC)nc2scc(-c3ccccc3)c2c1=O. The maximum absolute atomic E-state index is 13.1. The van der Waals surface area contributed by atoms with Crippen LogP contribution in [0.5, 0.6) is 0 Å². The van der Waals surface area contributed by atoms with Crippen LogP contribution in [0.3, 0.4) is 0 Å². The van der Waals surface area contributed by atoms with Crippen molar-refractivity contribution in [3.8, 4) is 11.1 Å². The Morgan fingerprint density at radius 1 is 1.38 bits per heavy atom. The Kier molecular flexibility index (Phi) is 5.50. The number of thioether (sulfide) groups is 1. The van der Waals surface area contributed by atoms with Gasteiger partial charge in [0, 0.05) is 30.4 Å². The van der Waals surface area contributed by atoms with Crippen LogP contribution in [0.4, 0.5) is 0 Å². The Hall–Kier alpha value is -1.89. The number of aromatic nitrogens is 2. The number of ether oxygens (including phenoxy) is 1. The first kappa shape index (κ1) is 17.0. The molecule has 0 saturated heterocycles. The zero-order valence-corrected chi connectivity index (χ0v) is 15.0. The summed E-state index contributed by atoms with van der Waals surface area (Å²) < 4.78 is 6.78. The summed E-state index contributed by atoms with van der Waals surface area (Å²) in [6.45, 7) is 4.83. The van der Waals surface area contributed by atoms with Crippen LogP contribution in [0.25, 0.3) is 21.3 Å². The van der Waals surface area contributed by atoms with Crippen LogP contribution >= 0.6 is 23.1 Å². The van der Waals surface area contributed by atoms with Crippen LogP contribution in [-0.2, 0) is 11.3 Å². The molecule has 0 radical (unpaired) electrons. The van der Waals surface area contributed by atoms with Crippen molar-refractivity contribution in [1.29, 1.82) is 0 Å². The molecule has 3 aromatic rings. The number of hydrogen-bond donors (Lipinski definition) is 0. The van der Waals surface area contributed by atoms with Crippen LogP contribution in [-0.4, -0.2) is 29.0 Å². The van der Waals surface area contributed by atoms with E-state index >= 15 is 0 Å². The second-order valence-corrected chi connectivity index (χ2v) is 7.06. The summed E-state index contributed by atoms with van der Waals surface area (Å²) in [5, 5.41) is 3.41. The summed E-state index contributed by atoms with van der Waals surface area (Å²) in [6.07, 6.45) is 1.73. The molecule has 0 bridgehead atoms. The van der Waals surface area contributed by atoms with E-state index in [1.54, 1.807) is 17.8 Å². The van der Waals surface area contributed by atoms with Gasteiger partial charge in [0.1, 0.15) is 4.83 Å². The van der Waals surface area contributed by atoms with Crippen molar-refractivity contribution in [2.24, 2.45) is 0 Å². The number of allylic oxidation sites excluding steroid dienone is 1. The smallest absolute Gasteiger partial charge is 0.263 e. The third-order valence-corrected chi connectivity index (χ3v) is 5.39. The van der Waals surface area contributed by atoms with E-state index in [2.05, 4.69) is 6.58 Å². The maximum Gasteiger partial charge on any atom is 0.263 e. The third kappa shape index (κ3) is 3.31. The van der Waals surface area contributed by atoms with Gasteiger partial charge in [-0.15, -0.1) is 17.9 Å². The molecule has 1 aromatic carbocycles. The number of nitrogens with zero attached hydrogens (tertiary/aromatic N) is 2. The monoisotopic (exact) mass is 358 g/mol. The van der Waals surface area contributed by atoms with Crippen molar-refractivity contribution in [2.45, 2.75) is 11.7 Å². The van der Waals surface area contributed by atoms with Crippen molar-refractivity contribution >= 4 is 33.3 Å². The lowest BCUT2D eigenvalue weighted by Crippen LogP contribution is -2.22. The number of methoxy groups -OCH3 is 1. The van der Waals surface area contributed by atoms with Gasteiger partial charge in [0.2, 0.25) is 0 Å². The van der Waals surface area contributed by atoms with E-state index in [1.165, 1.54) is 23.1 Å². The first-order chi connectivity index (χ1) is 11.8. The highest BCUT2D eigenvalue weighted by Crippen LogP contribution is 2.32. The van der Waals surface area contributed by atoms with Gasteiger partial charge in [0.15, 0.2) is 5.16 Å². The lowest BCUT2D eigenvalue weighted by Gasteiger charge is -2.10. The van der Waals surface area contributed by atoms with Gasteiger partial charge >= 0.3 is 0 Å². The molecule has 0 saturated carbocycles. The summed E-state index contributed by atoms with van der Waals surface area (Å²) in [4.78, 5) is 18.6. The summed E-state index contributed by atoms with van der Waals surface area (Å²) in [5.74, 6) is 0.752. The first-order valence-electron chi connectivity index (χ1n) is 7.56. The second kappa shape index (κ2) is 7.79. The predicted molar refractivity (Wildman–Crippen MR) is 102 cm³/mol. The van der Waals surface area contributed by atoms with Gasteiger partial charge < -0.3 is 4.74 Å². The van der Waals surface area contributed by atoms with Gasteiger partial charge in [-0.25, -0.2) is 4.98 Å². The minimum Gasteiger partial charge on any atom is -0.384 e. The molecule has 4 nitrogen and oxygen atoms in total. The van der Waals surface area contributed by atoms with Crippen LogP contribution in [0, 0.1) is 0 Å². The fraction of sp³-hybridized carbons (Fsp3) is 0.222. The molecule has 0 aliphatic carbocycles. The van der Waals surface area contributed by atoms with E-state index in [1.807, 2.05) is 35.7 Å². The average molecular weight is 358 g/mol. The molecule has 0 unspecified atom stereocenters. The molecule has 2 aromatic heterocycles. The van der Waals surface area contributed by atoms with E-state index in [0.717, 1.165) is 21.7 Å². The molecule has 0 atom stereocenters. The second-order valence-electron chi connectivity index (χ2n) is 5.14. The largest absolute Gasteiger partial charge is 0.384 e. The van der Waals surface area contributed by atoms with Gasteiger partial charge in [0.05, 0.1) is 12.0 Å². The fourth-order valence-corrected chi connectivity index (χ4v) is 4.35. The molecular weight excluding hydrogens is 340 g/mol. The molecular formula is C18H18N2O2S2. The van der Waals surface area contributed by atoms with Crippen molar-refractivity contribution < 1.29 is 4.74 Å². The lowest BCUT2D eigenvalue weighted by molar-refractivity contribution is 0.218. The highest BCUT2D eigenvalue weighted by Gasteiger charge is 2.16. The van der Waals surface area contributed by atoms with Crippen molar-refractivity contribution in [3.63, 3.8) is 0 Å². The number of rotatable bonds is 7. The minimum atomic E-state index is -0.0140. The Balaban J connectivity index is 2.15. The molecule has 0 aliphatic heterocycles. The highest BCUT2D eigenvalue weighted by molar-refractivity contribution is 7.99. The van der Waals surface area contributed by atoms with Gasteiger partial charge in [-0.05, 0) is 5.56 Å². The molecule has 0 N–H and O–H groups in total. The van der Waals surface area contributed by atoms with Crippen molar-refractivity contribution in [3.05, 3.63) is 58.7 Å². The molecule has 6 heteroatoms. The van der Waals surface area contributed by atoms with Crippen molar-refractivity contribution in [2.75, 3.05) is 19.5 Å². The number of hydrogen-bond acceptors (Lipinski definition) is 5. The molecule has 24 heavy (non-hydrogen) atoms. The normalized spacial score (nSPS) is 11.0. The van der Waals surface area contributed by atoms with Crippen LogP contribution in [0.2, 0.25) is 0 Å². The zero-order chi connectivity index (χ0) is 16.9. The lowest BCUT2D eigenvalue weighted by atomic mass is 10.1. The average Bonchev–Trinajstić information content (AvgIpc) is 3.03. The predicted octanol–water partition coefficient (Wildman–Crippen LogP) is 4.05. The quantitative estimate of drug-likeness (QED) is 0.277. The minimum absolute atomic E-state index is 0.0140. The molecule has 0 fully saturated rings. The van der Waals surface area contributed by atoms with E-state index in [9.17, 15) is 4.79 Å². The molecule has 0 spiro atoms. The summed E-state index contributed by atoms with van der Waals surface area (Å²) in [6, 6.07) is 9.95. The summed E-state index contributed by atoms with van der Waals surface area (Å²) >= 11 is 3.04. The standard InChI is InChI=1S/C18H18N2O2S2/c1-3-9-20-17(21)15-14(13-7-5-4-6-8-13)12-24-16(15)19-18(20)23-11-10-22-2/h3-8,12H,1,9-11H2,2H3. The Bertz CT molecular complexity index is 901.